The molecular formula is C15H24N2O2S. The lowest BCUT2D eigenvalue weighted by Crippen LogP contribution is -2.30. The van der Waals surface area contributed by atoms with E-state index >= 15 is 0 Å². The third-order valence-electron chi connectivity index (χ3n) is 3.84. The number of sulfonamides is 1. The number of nitrogens with one attached hydrogen (secondary N) is 1. The summed E-state index contributed by atoms with van der Waals surface area (Å²) in [4.78, 5) is 0.419. The van der Waals surface area contributed by atoms with Crippen molar-refractivity contribution in [2.45, 2.75) is 31.1 Å². The van der Waals surface area contributed by atoms with Gasteiger partial charge in [0.25, 0.3) is 0 Å². The van der Waals surface area contributed by atoms with Crippen molar-refractivity contribution >= 4 is 10.0 Å². The molecule has 0 spiro atoms. The highest BCUT2D eigenvalue weighted by Gasteiger charge is 2.31. The summed E-state index contributed by atoms with van der Waals surface area (Å²) < 4.78 is 26.7. The van der Waals surface area contributed by atoms with Crippen LogP contribution >= 0.6 is 0 Å². The van der Waals surface area contributed by atoms with Gasteiger partial charge in [0, 0.05) is 13.1 Å². The number of hydrogen-bond acceptors (Lipinski definition) is 3. The van der Waals surface area contributed by atoms with E-state index in [0.29, 0.717) is 23.9 Å². The van der Waals surface area contributed by atoms with Crippen LogP contribution in [0.1, 0.15) is 25.3 Å². The van der Waals surface area contributed by atoms with Gasteiger partial charge in [-0.3, -0.25) is 0 Å². The second-order valence-corrected chi connectivity index (χ2v) is 7.41. The maximum absolute atomic E-state index is 12.6. The Hall–Kier alpha value is -0.910. The van der Waals surface area contributed by atoms with Gasteiger partial charge in [-0.05, 0) is 50.0 Å². The van der Waals surface area contributed by atoms with Gasteiger partial charge in [0.1, 0.15) is 0 Å². The largest absolute Gasteiger partial charge is 0.319 e. The van der Waals surface area contributed by atoms with Crippen molar-refractivity contribution in [2.75, 3.05) is 26.7 Å². The zero-order valence-electron chi connectivity index (χ0n) is 12.3. The Morgan fingerprint density at radius 3 is 2.60 bits per heavy atom. The standard InChI is InChI=1S/C15H24N2O2S/c1-3-4-13-5-7-15(8-6-13)20(18,19)17-10-9-14(12-17)11-16-2/h5-8,14,16H,3-4,9-12H2,1-2H3. The molecule has 0 radical (unpaired) electrons. The quantitative estimate of drug-likeness (QED) is 0.872. The molecule has 1 N–H and O–H groups in total. The molecule has 2 rings (SSSR count). The topological polar surface area (TPSA) is 49.4 Å². The van der Waals surface area contributed by atoms with Crippen molar-refractivity contribution in [1.29, 1.82) is 0 Å². The van der Waals surface area contributed by atoms with Gasteiger partial charge >= 0.3 is 0 Å². The van der Waals surface area contributed by atoms with Crippen LogP contribution in [0.3, 0.4) is 0 Å². The minimum Gasteiger partial charge on any atom is -0.319 e. The summed E-state index contributed by atoms with van der Waals surface area (Å²) in [7, 11) is -1.41. The summed E-state index contributed by atoms with van der Waals surface area (Å²) in [6.07, 6.45) is 3.01. The van der Waals surface area contributed by atoms with Crippen LogP contribution in [0.5, 0.6) is 0 Å². The second kappa shape index (κ2) is 6.70. The Kier molecular flexibility index (Phi) is 5.18. The third-order valence-corrected chi connectivity index (χ3v) is 5.72. The van der Waals surface area contributed by atoms with E-state index < -0.39 is 10.0 Å². The van der Waals surface area contributed by atoms with Crippen LogP contribution in [0.15, 0.2) is 29.2 Å². The zero-order chi connectivity index (χ0) is 14.6. The molecule has 112 valence electrons. The van der Waals surface area contributed by atoms with E-state index in [-0.39, 0.29) is 0 Å². The summed E-state index contributed by atoms with van der Waals surface area (Å²) in [5.74, 6) is 0.425. The van der Waals surface area contributed by atoms with Gasteiger partial charge in [-0.2, -0.15) is 4.31 Å². The molecule has 0 saturated carbocycles. The highest BCUT2D eigenvalue weighted by Crippen LogP contribution is 2.24. The molecule has 0 amide bonds. The van der Waals surface area contributed by atoms with Crippen molar-refractivity contribution < 1.29 is 8.42 Å². The minimum atomic E-state index is -3.32. The normalized spacial score (nSPS) is 20.4. The van der Waals surface area contributed by atoms with Gasteiger partial charge in [0.15, 0.2) is 0 Å². The monoisotopic (exact) mass is 296 g/mol. The molecule has 0 bridgehead atoms. The van der Waals surface area contributed by atoms with Crippen LogP contribution in [-0.4, -0.2) is 39.4 Å². The van der Waals surface area contributed by atoms with Gasteiger partial charge < -0.3 is 5.32 Å². The fourth-order valence-electron chi connectivity index (χ4n) is 2.74. The maximum Gasteiger partial charge on any atom is 0.243 e. The number of benzene rings is 1. The predicted octanol–water partition coefficient (Wildman–Crippen LogP) is 1.87. The summed E-state index contributed by atoms with van der Waals surface area (Å²) in [6.45, 7) is 4.25. The average Bonchev–Trinajstić information content (AvgIpc) is 2.90. The lowest BCUT2D eigenvalue weighted by atomic mass is 10.1. The van der Waals surface area contributed by atoms with Crippen LogP contribution in [0, 0.1) is 5.92 Å². The Morgan fingerprint density at radius 2 is 2.00 bits per heavy atom. The van der Waals surface area contributed by atoms with E-state index in [9.17, 15) is 8.42 Å². The fraction of sp³-hybridized carbons (Fsp3) is 0.600. The molecule has 1 fully saturated rings. The van der Waals surface area contributed by atoms with Gasteiger partial charge in [0.2, 0.25) is 10.0 Å². The number of hydrogen-bond donors (Lipinski definition) is 1. The van der Waals surface area contributed by atoms with Gasteiger partial charge in [-0.25, -0.2) is 8.42 Å². The van der Waals surface area contributed by atoms with Crippen LogP contribution in [-0.2, 0) is 16.4 Å². The van der Waals surface area contributed by atoms with E-state index in [1.54, 1.807) is 16.4 Å². The molecule has 5 heteroatoms. The molecule has 1 saturated heterocycles. The second-order valence-electron chi connectivity index (χ2n) is 5.47. The van der Waals surface area contributed by atoms with Gasteiger partial charge in [-0.15, -0.1) is 0 Å². The summed E-state index contributed by atoms with van der Waals surface area (Å²) >= 11 is 0. The highest BCUT2D eigenvalue weighted by atomic mass is 32.2. The zero-order valence-corrected chi connectivity index (χ0v) is 13.1. The summed E-state index contributed by atoms with van der Waals surface area (Å²) in [5.41, 5.74) is 1.20. The van der Waals surface area contributed by atoms with E-state index in [1.807, 2.05) is 19.2 Å². The Balaban J connectivity index is 2.10. The predicted molar refractivity (Wildman–Crippen MR) is 81.2 cm³/mol. The Labute approximate surface area is 122 Å². The molecular weight excluding hydrogens is 272 g/mol. The van der Waals surface area contributed by atoms with E-state index in [2.05, 4.69) is 12.2 Å². The first-order valence-corrected chi connectivity index (χ1v) is 8.75. The molecule has 1 atom stereocenters. The Morgan fingerprint density at radius 1 is 1.30 bits per heavy atom. The van der Waals surface area contributed by atoms with Gasteiger partial charge in [-0.1, -0.05) is 25.5 Å². The molecule has 4 nitrogen and oxygen atoms in total. The van der Waals surface area contributed by atoms with E-state index in [0.717, 1.165) is 25.8 Å². The number of aryl methyl sites for hydroxylation is 1. The van der Waals surface area contributed by atoms with Crippen molar-refractivity contribution in [3.05, 3.63) is 29.8 Å². The first-order valence-electron chi connectivity index (χ1n) is 7.31. The van der Waals surface area contributed by atoms with Crippen molar-refractivity contribution in [1.82, 2.24) is 9.62 Å². The molecule has 1 aromatic rings. The first-order chi connectivity index (χ1) is 9.57. The van der Waals surface area contributed by atoms with Crippen LogP contribution in [0.2, 0.25) is 0 Å². The maximum atomic E-state index is 12.6. The molecule has 1 aliphatic rings. The lowest BCUT2D eigenvalue weighted by molar-refractivity contribution is 0.451. The number of rotatable bonds is 6. The van der Waals surface area contributed by atoms with Crippen LogP contribution in [0.4, 0.5) is 0 Å². The summed E-state index contributed by atoms with van der Waals surface area (Å²) in [5, 5.41) is 3.12. The molecule has 1 unspecified atom stereocenters. The van der Waals surface area contributed by atoms with Crippen molar-refractivity contribution in [3.8, 4) is 0 Å². The Bertz CT molecular complexity index is 525. The average molecular weight is 296 g/mol. The molecule has 20 heavy (non-hydrogen) atoms. The lowest BCUT2D eigenvalue weighted by Gasteiger charge is -2.17. The molecule has 1 heterocycles. The van der Waals surface area contributed by atoms with E-state index in [1.165, 1.54) is 5.56 Å². The molecule has 1 aliphatic heterocycles. The van der Waals surface area contributed by atoms with Crippen LogP contribution < -0.4 is 5.32 Å². The smallest absolute Gasteiger partial charge is 0.243 e. The van der Waals surface area contributed by atoms with E-state index in [4.69, 9.17) is 0 Å². The van der Waals surface area contributed by atoms with Crippen molar-refractivity contribution in [2.24, 2.45) is 5.92 Å². The minimum absolute atomic E-state index is 0.419. The molecule has 0 aliphatic carbocycles. The van der Waals surface area contributed by atoms with Gasteiger partial charge in [0.05, 0.1) is 4.90 Å². The first kappa shape index (κ1) is 15.5. The molecule has 0 aromatic heterocycles. The fourth-order valence-corrected chi connectivity index (χ4v) is 4.27. The van der Waals surface area contributed by atoms with Crippen LogP contribution in [0.25, 0.3) is 0 Å². The highest BCUT2D eigenvalue weighted by molar-refractivity contribution is 7.89. The summed E-state index contributed by atoms with van der Waals surface area (Å²) in [6, 6.07) is 7.34. The third kappa shape index (κ3) is 3.40. The number of nitrogens with zero attached hydrogens (tertiary/aromatic N) is 1. The SMILES string of the molecule is CCCc1ccc(S(=O)(=O)N2CCC(CNC)C2)cc1. The van der Waals surface area contributed by atoms with Crippen molar-refractivity contribution in [3.63, 3.8) is 0 Å². The molecule has 1 aromatic carbocycles.